The number of nitrogens with one attached hydrogen (secondary N) is 1. The van der Waals surface area contributed by atoms with E-state index in [0.717, 1.165) is 6.42 Å². The summed E-state index contributed by atoms with van der Waals surface area (Å²) in [6.45, 7) is 5.04. The zero-order chi connectivity index (χ0) is 12.5. The fourth-order valence-electron chi connectivity index (χ4n) is 1.97. The minimum Gasteiger partial charge on any atom is -0.478 e. The maximum atomic E-state index is 11.2. The zero-order valence-electron chi connectivity index (χ0n) is 9.99. The van der Waals surface area contributed by atoms with Crippen LogP contribution in [0.2, 0.25) is 0 Å². The van der Waals surface area contributed by atoms with E-state index < -0.39 is 5.97 Å². The van der Waals surface area contributed by atoms with Crippen molar-refractivity contribution in [2.75, 3.05) is 18.5 Å². The predicted octanol–water partition coefficient (Wildman–Crippen LogP) is 1.68. The van der Waals surface area contributed by atoms with E-state index in [9.17, 15) is 9.90 Å². The van der Waals surface area contributed by atoms with Crippen LogP contribution in [0.5, 0.6) is 0 Å². The van der Waals surface area contributed by atoms with Crippen molar-refractivity contribution in [3.63, 3.8) is 0 Å². The topological polar surface area (TPSA) is 71.5 Å². The standard InChI is InChI=1S/C12H16N2O3/c1-8-3-5-13-10(9(8)11(15)16)14-12(2)4-6-17-7-12/h3,5H,4,6-7H2,1-2H3,(H,13,14)(H,15,16). The first-order valence-electron chi connectivity index (χ1n) is 5.57. The third-order valence-electron chi connectivity index (χ3n) is 3.01. The molecule has 0 aromatic carbocycles. The van der Waals surface area contributed by atoms with Gasteiger partial charge in [0.05, 0.1) is 12.1 Å². The molecule has 1 unspecified atom stereocenters. The van der Waals surface area contributed by atoms with Crippen LogP contribution >= 0.6 is 0 Å². The number of pyridine rings is 1. The van der Waals surface area contributed by atoms with Gasteiger partial charge in [-0.3, -0.25) is 0 Å². The molecule has 0 amide bonds. The molecule has 1 saturated heterocycles. The smallest absolute Gasteiger partial charge is 0.339 e. The van der Waals surface area contributed by atoms with Crippen LogP contribution in [-0.4, -0.2) is 34.8 Å². The molecule has 1 atom stereocenters. The highest BCUT2D eigenvalue weighted by Gasteiger charge is 2.31. The van der Waals surface area contributed by atoms with Crippen LogP contribution in [0.1, 0.15) is 29.3 Å². The summed E-state index contributed by atoms with van der Waals surface area (Å²) in [5.74, 6) is -0.536. The maximum Gasteiger partial charge on any atom is 0.339 e. The highest BCUT2D eigenvalue weighted by atomic mass is 16.5. The third kappa shape index (κ3) is 2.39. The lowest BCUT2D eigenvalue weighted by atomic mass is 10.0. The number of anilines is 1. The van der Waals surface area contributed by atoms with Crippen LogP contribution in [0.4, 0.5) is 5.82 Å². The Morgan fingerprint density at radius 1 is 1.65 bits per heavy atom. The molecule has 0 radical (unpaired) electrons. The first kappa shape index (κ1) is 11.9. The number of aryl methyl sites for hydroxylation is 1. The molecule has 2 N–H and O–H groups in total. The fourth-order valence-corrected chi connectivity index (χ4v) is 1.97. The van der Waals surface area contributed by atoms with Gasteiger partial charge in [-0.25, -0.2) is 9.78 Å². The molecule has 0 aliphatic carbocycles. The molecule has 2 heterocycles. The van der Waals surface area contributed by atoms with E-state index in [4.69, 9.17) is 4.74 Å². The van der Waals surface area contributed by atoms with Crippen molar-refractivity contribution in [1.29, 1.82) is 0 Å². The molecular formula is C12H16N2O3. The van der Waals surface area contributed by atoms with Crippen LogP contribution in [0.15, 0.2) is 12.3 Å². The molecule has 2 rings (SSSR count). The van der Waals surface area contributed by atoms with Crippen LogP contribution < -0.4 is 5.32 Å². The van der Waals surface area contributed by atoms with Gasteiger partial charge >= 0.3 is 5.97 Å². The second-order valence-electron chi connectivity index (χ2n) is 4.64. The predicted molar refractivity (Wildman–Crippen MR) is 63.4 cm³/mol. The van der Waals surface area contributed by atoms with E-state index in [0.29, 0.717) is 24.6 Å². The summed E-state index contributed by atoms with van der Waals surface area (Å²) in [7, 11) is 0. The van der Waals surface area contributed by atoms with E-state index in [2.05, 4.69) is 10.3 Å². The summed E-state index contributed by atoms with van der Waals surface area (Å²) in [5, 5.41) is 12.4. The summed E-state index contributed by atoms with van der Waals surface area (Å²) < 4.78 is 5.33. The molecule has 5 heteroatoms. The van der Waals surface area contributed by atoms with Crippen molar-refractivity contribution in [1.82, 2.24) is 4.98 Å². The van der Waals surface area contributed by atoms with Gasteiger partial charge in [-0.2, -0.15) is 0 Å². The number of carboxylic acids is 1. The van der Waals surface area contributed by atoms with Crippen LogP contribution in [0, 0.1) is 6.92 Å². The van der Waals surface area contributed by atoms with Crippen molar-refractivity contribution in [3.8, 4) is 0 Å². The Hall–Kier alpha value is -1.62. The number of rotatable bonds is 3. The van der Waals surface area contributed by atoms with E-state index in [1.165, 1.54) is 0 Å². The van der Waals surface area contributed by atoms with Gasteiger partial charge in [0.25, 0.3) is 0 Å². The van der Waals surface area contributed by atoms with Crippen molar-refractivity contribution in [2.24, 2.45) is 0 Å². The SMILES string of the molecule is Cc1ccnc(NC2(C)CCOC2)c1C(=O)O. The number of carboxylic acid groups (broad SMARTS) is 1. The minimum atomic E-state index is -0.958. The quantitative estimate of drug-likeness (QED) is 0.835. The maximum absolute atomic E-state index is 11.2. The van der Waals surface area contributed by atoms with E-state index >= 15 is 0 Å². The summed E-state index contributed by atoms with van der Waals surface area (Å²) in [6.07, 6.45) is 2.46. The summed E-state index contributed by atoms with van der Waals surface area (Å²) in [5.41, 5.74) is 0.712. The number of aromatic carboxylic acids is 1. The van der Waals surface area contributed by atoms with Crippen LogP contribution in [-0.2, 0) is 4.74 Å². The Bertz CT molecular complexity index is 439. The van der Waals surface area contributed by atoms with Crippen molar-refractivity contribution in [2.45, 2.75) is 25.8 Å². The minimum absolute atomic E-state index is 0.231. The van der Waals surface area contributed by atoms with Crippen molar-refractivity contribution >= 4 is 11.8 Å². The van der Waals surface area contributed by atoms with Gasteiger partial charge in [0, 0.05) is 12.8 Å². The Kier molecular flexibility index (Phi) is 3.02. The van der Waals surface area contributed by atoms with Gasteiger partial charge in [0.15, 0.2) is 0 Å². The number of aromatic nitrogens is 1. The normalized spacial score (nSPS) is 23.6. The average molecular weight is 236 g/mol. The lowest BCUT2D eigenvalue weighted by Crippen LogP contribution is -2.36. The number of ether oxygens (including phenoxy) is 1. The lowest BCUT2D eigenvalue weighted by molar-refractivity contribution is 0.0696. The largest absolute Gasteiger partial charge is 0.478 e. The van der Waals surface area contributed by atoms with Gasteiger partial charge in [0.2, 0.25) is 0 Å². The molecule has 17 heavy (non-hydrogen) atoms. The zero-order valence-corrected chi connectivity index (χ0v) is 9.99. The molecule has 1 fully saturated rings. The third-order valence-corrected chi connectivity index (χ3v) is 3.01. The molecule has 92 valence electrons. The highest BCUT2D eigenvalue weighted by molar-refractivity contribution is 5.94. The molecule has 1 aromatic rings. The number of carbonyl (C=O) groups is 1. The average Bonchev–Trinajstić information content (AvgIpc) is 2.64. The van der Waals surface area contributed by atoms with Gasteiger partial charge in [0.1, 0.15) is 11.4 Å². The Morgan fingerprint density at radius 3 is 3.00 bits per heavy atom. The van der Waals surface area contributed by atoms with Crippen molar-refractivity contribution < 1.29 is 14.6 Å². The number of nitrogens with zero attached hydrogens (tertiary/aromatic N) is 1. The second-order valence-corrected chi connectivity index (χ2v) is 4.64. The molecule has 1 aliphatic heterocycles. The molecule has 5 nitrogen and oxygen atoms in total. The fraction of sp³-hybridized carbons (Fsp3) is 0.500. The van der Waals surface area contributed by atoms with Crippen LogP contribution in [0.3, 0.4) is 0 Å². The summed E-state index contributed by atoms with van der Waals surface area (Å²) in [4.78, 5) is 15.3. The molecule has 1 aromatic heterocycles. The van der Waals surface area contributed by atoms with E-state index in [-0.39, 0.29) is 11.1 Å². The Labute approximate surface area is 99.8 Å². The molecule has 0 spiro atoms. The Balaban J connectivity index is 2.32. The molecule has 0 saturated carbocycles. The van der Waals surface area contributed by atoms with Gasteiger partial charge < -0.3 is 15.2 Å². The molecule has 0 bridgehead atoms. The first-order chi connectivity index (χ1) is 8.02. The van der Waals surface area contributed by atoms with Gasteiger partial charge in [-0.15, -0.1) is 0 Å². The van der Waals surface area contributed by atoms with Crippen LogP contribution in [0.25, 0.3) is 0 Å². The molecular weight excluding hydrogens is 220 g/mol. The van der Waals surface area contributed by atoms with E-state index in [1.54, 1.807) is 19.2 Å². The highest BCUT2D eigenvalue weighted by Crippen LogP contribution is 2.25. The summed E-state index contributed by atoms with van der Waals surface area (Å²) >= 11 is 0. The molecule has 1 aliphatic rings. The van der Waals surface area contributed by atoms with Gasteiger partial charge in [-0.05, 0) is 31.9 Å². The lowest BCUT2D eigenvalue weighted by Gasteiger charge is -2.25. The second kappa shape index (κ2) is 4.33. The Morgan fingerprint density at radius 2 is 2.41 bits per heavy atom. The van der Waals surface area contributed by atoms with Gasteiger partial charge in [-0.1, -0.05) is 0 Å². The van der Waals surface area contributed by atoms with Crippen molar-refractivity contribution in [3.05, 3.63) is 23.4 Å². The number of hydrogen-bond donors (Lipinski definition) is 2. The number of hydrogen-bond acceptors (Lipinski definition) is 4. The summed E-state index contributed by atoms with van der Waals surface area (Å²) in [6, 6.07) is 1.70. The van der Waals surface area contributed by atoms with E-state index in [1.807, 2.05) is 6.92 Å². The monoisotopic (exact) mass is 236 g/mol. The first-order valence-corrected chi connectivity index (χ1v) is 5.57.